The lowest BCUT2D eigenvalue weighted by atomic mass is 9.99. The summed E-state index contributed by atoms with van der Waals surface area (Å²) >= 11 is 6.82. The van der Waals surface area contributed by atoms with E-state index in [4.69, 9.17) is 16.3 Å². The van der Waals surface area contributed by atoms with Crippen LogP contribution in [-0.2, 0) is 30.5 Å². The van der Waals surface area contributed by atoms with Crippen LogP contribution in [0.1, 0.15) is 67.7 Å². The molecule has 0 unspecified atom stereocenters. The van der Waals surface area contributed by atoms with E-state index >= 15 is 0 Å². The minimum atomic E-state index is -3.67. The highest BCUT2D eigenvalue weighted by molar-refractivity contribution is 7.90. The van der Waals surface area contributed by atoms with Gasteiger partial charge in [-0.3, -0.25) is 9.48 Å². The van der Waals surface area contributed by atoms with E-state index in [1.165, 1.54) is 16.8 Å². The molecule has 5 rings (SSSR count). The SMILES string of the molecule is Cc1cc(C)n(Cc2c(S(C)(=O)=O)ccc(C(=O)c3c(C4CC4)nn(C)c3OC(=O)c3ccn(C)c3)c2Cl)n1. The summed E-state index contributed by atoms with van der Waals surface area (Å²) in [6.07, 6.45) is 6.14. The molecule has 204 valence electrons. The number of carbonyl (C=O) groups excluding carboxylic acids is 2. The zero-order chi connectivity index (χ0) is 28.2. The first kappa shape index (κ1) is 26.9. The van der Waals surface area contributed by atoms with Crippen LogP contribution < -0.4 is 4.74 Å². The van der Waals surface area contributed by atoms with Crippen LogP contribution in [0.4, 0.5) is 0 Å². The Morgan fingerprint density at radius 2 is 1.85 bits per heavy atom. The summed E-state index contributed by atoms with van der Waals surface area (Å²) in [4.78, 5) is 27.0. The molecule has 39 heavy (non-hydrogen) atoms. The number of hydrogen-bond donors (Lipinski definition) is 0. The smallest absolute Gasteiger partial charge is 0.346 e. The van der Waals surface area contributed by atoms with Crippen molar-refractivity contribution in [1.29, 1.82) is 0 Å². The van der Waals surface area contributed by atoms with Crippen molar-refractivity contribution in [2.75, 3.05) is 6.26 Å². The van der Waals surface area contributed by atoms with Gasteiger partial charge in [0.25, 0.3) is 0 Å². The molecular formula is C27H28ClN5O5S. The molecule has 0 bridgehead atoms. The van der Waals surface area contributed by atoms with Crippen molar-refractivity contribution >= 4 is 33.2 Å². The largest absolute Gasteiger partial charge is 0.403 e. The van der Waals surface area contributed by atoms with E-state index in [0.717, 1.165) is 30.5 Å². The minimum absolute atomic E-state index is 0.00131. The Morgan fingerprint density at radius 1 is 1.13 bits per heavy atom. The molecule has 0 radical (unpaired) electrons. The Labute approximate surface area is 231 Å². The molecule has 0 N–H and O–H groups in total. The van der Waals surface area contributed by atoms with E-state index in [1.54, 1.807) is 41.8 Å². The van der Waals surface area contributed by atoms with Gasteiger partial charge in [0.2, 0.25) is 11.7 Å². The first-order valence-corrected chi connectivity index (χ1v) is 14.6. The van der Waals surface area contributed by atoms with E-state index < -0.39 is 21.6 Å². The Balaban J connectivity index is 1.62. The predicted octanol–water partition coefficient (Wildman–Crippen LogP) is 4.00. The minimum Gasteiger partial charge on any atom is -0.403 e. The van der Waals surface area contributed by atoms with Gasteiger partial charge in [-0.25, -0.2) is 17.9 Å². The Kier molecular flexibility index (Phi) is 6.76. The zero-order valence-corrected chi connectivity index (χ0v) is 23.8. The van der Waals surface area contributed by atoms with Crippen LogP contribution in [0, 0.1) is 13.8 Å². The quantitative estimate of drug-likeness (QED) is 0.232. The van der Waals surface area contributed by atoms with Gasteiger partial charge >= 0.3 is 5.97 Å². The number of ether oxygens (including phenoxy) is 1. The number of aryl methyl sites for hydroxylation is 4. The third-order valence-corrected chi connectivity index (χ3v) is 8.34. The number of carbonyl (C=O) groups is 2. The Hall–Kier alpha value is -3.70. The van der Waals surface area contributed by atoms with Crippen LogP contribution in [0.15, 0.2) is 41.6 Å². The fourth-order valence-corrected chi connectivity index (χ4v) is 5.96. The van der Waals surface area contributed by atoms with Gasteiger partial charge in [-0.1, -0.05) is 11.6 Å². The van der Waals surface area contributed by atoms with Gasteiger partial charge in [-0.2, -0.15) is 10.2 Å². The van der Waals surface area contributed by atoms with E-state index in [9.17, 15) is 18.0 Å². The van der Waals surface area contributed by atoms with Gasteiger partial charge in [0.15, 0.2) is 9.84 Å². The number of halogens is 1. The first-order chi connectivity index (χ1) is 18.3. The standard InChI is InChI=1S/C27H28ClN5O5S/c1-15-12-16(2)33(29-15)14-20-21(39(5,36)37)9-8-19(23(20)28)25(34)22-24(17-6-7-17)30-32(4)26(22)38-27(35)18-10-11-31(3)13-18/h8-13,17H,6-7,14H2,1-5H3. The highest BCUT2D eigenvalue weighted by Gasteiger charge is 2.37. The van der Waals surface area contributed by atoms with Gasteiger partial charge < -0.3 is 9.30 Å². The second-order valence-corrected chi connectivity index (χ2v) is 12.4. The summed E-state index contributed by atoms with van der Waals surface area (Å²) in [6, 6.07) is 6.28. The molecule has 4 aromatic rings. The topological polar surface area (TPSA) is 118 Å². The molecule has 1 aromatic carbocycles. The molecule has 1 fully saturated rings. The molecule has 0 amide bonds. The number of esters is 1. The Morgan fingerprint density at radius 3 is 2.41 bits per heavy atom. The normalized spacial score (nSPS) is 13.6. The number of rotatable bonds is 8. The molecule has 0 saturated heterocycles. The summed E-state index contributed by atoms with van der Waals surface area (Å²) in [7, 11) is -0.280. The molecule has 3 aromatic heterocycles. The van der Waals surface area contributed by atoms with E-state index in [-0.39, 0.29) is 45.0 Å². The highest BCUT2D eigenvalue weighted by atomic mass is 35.5. The number of nitrogens with zero attached hydrogens (tertiary/aromatic N) is 5. The predicted molar refractivity (Wildman–Crippen MR) is 144 cm³/mol. The van der Waals surface area contributed by atoms with Crippen LogP contribution in [0.5, 0.6) is 5.88 Å². The third-order valence-electron chi connectivity index (χ3n) is 6.73. The number of ketones is 1. The molecule has 1 aliphatic rings. The first-order valence-electron chi connectivity index (χ1n) is 12.3. The second-order valence-electron chi connectivity index (χ2n) is 10.0. The van der Waals surface area contributed by atoms with Crippen molar-refractivity contribution in [3.8, 4) is 5.88 Å². The lowest BCUT2D eigenvalue weighted by Crippen LogP contribution is -2.15. The monoisotopic (exact) mass is 569 g/mol. The third kappa shape index (κ3) is 5.16. The maximum Gasteiger partial charge on any atom is 0.346 e. The Bertz CT molecular complexity index is 1740. The highest BCUT2D eigenvalue weighted by Crippen LogP contribution is 2.44. The molecule has 12 heteroatoms. The number of sulfone groups is 1. The summed E-state index contributed by atoms with van der Waals surface area (Å²) in [5.41, 5.74) is 2.94. The average molecular weight is 570 g/mol. The maximum absolute atomic E-state index is 14.1. The van der Waals surface area contributed by atoms with Gasteiger partial charge in [0, 0.05) is 55.5 Å². The van der Waals surface area contributed by atoms with Gasteiger partial charge in [0.1, 0.15) is 5.56 Å². The lowest BCUT2D eigenvalue weighted by molar-refractivity contribution is 0.0718. The van der Waals surface area contributed by atoms with Crippen LogP contribution in [0.25, 0.3) is 0 Å². The summed E-state index contributed by atoms with van der Waals surface area (Å²) < 4.78 is 35.8. The number of benzene rings is 1. The molecule has 0 atom stereocenters. The van der Waals surface area contributed by atoms with Crippen molar-refractivity contribution in [3.05, 3.63) is 81.0 Å². The lowest BCUT2D eigenvalue weighted by Gasteiger charge is -2.15. The molecule has 3 heterocycles. The fourth-order valence-electron chi connectivity index (χ4n) is 4.67. The van der Waals surface area contributed by atoms with Gasteiger partial charge in [-0.05, 0) is 51.0 Å². The molecule has 1 saturated carbocycles. The fraction of sp³-hybridized carbons (Fsp3) is 0.333. The van der Waals surface area contributed by atoms with E-state index in [1.807, 2.05) is 19.9 Å². The average Bonchev–Trinajstić information content (AvgIpc) is 3.41. The van der Waals surface area contributed by atoms with E-state index in [2.05, 4.69) is 10.2 Å². The maximum atomic E-state index is 14.1. The number of hydrogen-bond acceptors (Lipinski definition) is 7. The molecule has 0 aliphatic heterocycles. The number of aromatic nitrogens is 5. The summed E-state index contributed by atoms with van der Waals surface area (Å²) in [5, 5.41) is 8.96. The van der Waals surface area contributed by atoms with Crippen LogP contribution in [0.2, 0.25) is 5.02 Å². The second kappa shape index (κ2) is 9.80. The summed E-state index contributed by atoms with van der Waals surface area (Å²) in [6.45, 7) is 3.75. The summed E-state index contributed by atoms with van der Waals surface area (Å²) in [5.74, 6) is -1.05. The molecule has 0 spiro atoms. The van der Waals surface area contributed by atoms with Crippen molar-refractivity contribution in [3.63, 3.8) is 0 Å². The van der Waals surface area contributed by atoms with Crippen LogP contribution in [-0.4, -0.2) is 50.6 Å². The van der Waals surface area contributed by atoms with Gasteiger partial charge in [-0.15, -0.1) is 0 Å². The van der Waals surface area contributed by atoms with Crippen LogP contribution >= 0.6 is 11.6 Å². The zero-order valence-electron chi connectivity index (χ0n) is 22.2. The van der Waals surface area contributed by atoms with Crippen molar-refractivity contribution in [2.24, 2.45) is 14.1 Å². The molecule has 10 nitrogen and oxygen atoms in total. The van der Waals surface area contributed by atoms with E-state index in [0.29, 0.717) is 11.3 Å². The van der Waals surface area contributed by atoms with Crippen molar-refractivity contribution in [1.82, 2.24) is 24.1 Å². The van der Waals surface area contributed by atoms with Crippen LogP contribution in [0.3, 0.4) is 0 Å². The van der Waals surface area contributed by atoms with Gasteiger partial charge in [0.05, 0.1) is 33.4 Å². The van der Waals surface area contributed by atoms with Crippen molar-refractivity contribution < 1.29 is 22.7 Å². The molecular weight excluding hydrogens is 542 g/mol. The molecule has 1 aliphatic carbocycles. The van der Waals surface area contributed by atoms with Crippen molar-refractivity contribution in [2.45, 2.75) is 44.0 Å².